The van der Waals surface area contributed by atoms with Gasteiger partial charge in [0.05, 0.1) is 23.0 Å². The first-order valence-electron chi connectivity index (χ1n) is 8.34. The molecule has 3 N–H and O–H groups in total. The lowest BCUT2D eigenvalue weighted by Gasteiger charge is -2.11. The highest BCUT2D eigenvalue weighted by Gasteiger charge is 2.25. The lowest BCUT2D eigenvalue weighted by atomic mass is 10.1. The SMILES string of the molecule is COc1ccc2[nH]cc(CC(N)C(=O)Oc3ccc([N+](=O)[O-])cc3[N+](=O)[O-])c2c1. The molecule has 1 atom stereocenters. The van der Waals surface area contributed by atoms with Gasteiger partial charge in [0.2, 0.25) is 5.75 Å². The van der Waals surface area contributed by atoms with Crippen molar-refractivity contribution in [1.82, 2.24) is 4.98 Å². The van der Waals surface area contributed by atoms with Crippen molar-refractivity contribution in [2.24, 2.45) is 5.73 Å². The van der Waals surface area contributed by atoms with Crippen molar-refractivity contribution in [3.05, 3.63) is 68.4 Å². The van der Waals surface area contributed by atoms with Crippen LogP contribution in [0.3, 0.4) is 0 Å². The van der Waals surface area contributed by atoms with Gasteiger partial charge in [0.25, 0.3) is 5.69 Å². The van der Waals surface area contributed by atoms with E-state index in [4.69, 9.17) is 15.2 Å². The highest BCUT2D eigenvalue weighted by atomic mass is 16.6. The quantitative estimate of drug-likeness (QED) is 0.264. The Hall–Kier alpha value is -3.99. The van der Waals surface area contributed by atoms with E-state index in [0.29, 0.717) is 5.75 Å². The molecule has 11 nitrogen and oxygen atoms in total. The van der Waals surface area contributed by atoms with E-state index in [1.165, 1.54) is 7.11 Å². The second-order valence-electron chi connectivity index (χ2n) is 6.12. The number of rotatable bonds is 7. The van der Waals surface area contributed by atoms with E-state index >= 15 is 0 Å². The molecule has 2 aromatic carbocycles. The number of benzene rings is 2. The van der Waals surface area contributed by atoms with Crippen LogP contribution in [0.5, 0.6) is 11.5 Å². The van der Waals surface area contributed by atoms with Crippen molar-refractivity contribution < 1.29 is 24.1 Å². The number of ether oxygens (including phenoxy) is 2. The number of non-ortho nitro benzene ring substituents is 1. The minimum absolute atomic E-state index is 0.104. The Morgan fingerprint density at radius 1 is 1.17 bits per heavy atom. The molecule has 3 aromatic rings. The number of esters is 1. The normalized spacial score (nSPS) is 11.8. The summed E-state index contributed by atoms with van der Waals surface area (Å²) in [6.07, 6.45) is 1.80. The molecule has 1 heterocycles. The fourth-order valence-corrected chi connectivity index (χ4v) is 2.81. The fourth-order valence-electron chi connectivity index (χ4n) is 2.81. The standard InChI is InChI=1S/C18H16N4O7/c1-28-12-3-4-15-13(8-12)10(9-20-15)6-14(19)18(23)29-17-5-2-11(21(24)25)7-16(17)22(26)27/h2-5,7-9,14,20H,6,19H2,1H3. The highest BCUT2D eigenvalue weighted by molar-refractivity contribution is 5.86. The highest BCUT2D eigenvalue weighted by Crippen LogP contribution is 2.31. The third kappa shape index (κ3) is 4.14. The second-order valence-corrected chi connectivity index (χ2v) is 6.12. The monoisotopic (exact) mass is 400 g/mol. The average molecular weight is 400 g/mol. The van der Waals surface area contributed by atoms with Crippen molar-refractivity contribution in [1.29, 1.82) is 0 Å². The topological polar surface area (TPSA) is 164 Å². The summed E-state index contributed by atoms with van der Waals surface area (Å²) in [5.41, 5.74) is 6.30. The Bertz CT molecular complexity index is 1110. The first kappa shape index (κ1) is 19.8. The van der Waals surface area contributed by atoms with Crippen LogP contribution in [-0.2, 0) is 11.2 Å². The minimum atomic E-state index is -1.12. The van der Waals surface area contributed by atoms with Crippen LogP contribution < -0.4 is 15.2 Å². The molecule has 0 saturated carbocycles. The predicted octanol–water partition coefficient (Wildman–Crippen LogP) is 2.47. The third-order valence-corrected chi connectivity index (χ3v) is 4.28. The number of aromatic amines is 1. The number of nitrogens with zero attached hydrogens (tertiary/aromatic N) is 2. The molecule has 150 valence electrons. The summed E-state index contributed by atoms with van der Waals surface area (Å²) < 4.78 is 10.2. The van der Waals surface area contributed by atoms with E-state index in [1.807, 2.05) is 6.07 Å². The Morgan fingerprint density at radius 2 is 1.93 bits per heavy atom. The molecule has 1 unspecified atom stereocenters. The van der Waals surface area contributed by atoms with Gasteiger partial charge < -0.3 is 20.2 Å². The van der Waals surface area contributed by atoms with E-state index in [2.05, 4.69) is 4.98 Å². The van der Waals surface area contributed by atoms with E-state index in [-0.39, 0.29) is 6.42 Å². The molecule has 1 aromatic heterocycles. The molecule has 3 rings (SSSR count). The van der Waals surface area contributed by atoms with Gasteiger partial charge in [-0.15, -0.1) is 0 Å². The Labute approximate surface area is 163 Å². The molecule has 29 heavy (non-hydrogen) atoms. The lowest BCUT2D eigenvalue weighted by molar-refractivity contribution is -0.394. The van der Waals surface area contributed by atoms with E-state index in [0.717, 1.165) is 34.7 Å². The smallest absolute Gasteiger partial charge is 0.328 e. The van der Waals surface area contributed by atoms with E-state index in [1.54, 1.807) is 18.3 Å². The van der Waals surface area contributed by atoms with Crippen molar-refractivity contribution in [3.63, 3.8) is 0 Å². The van der Waals surface area contributed by atoms with Gasteiger partial charge in [-0.25, -0.2) is 4.79 Å². The summed E-state index contributed by atoms with van der Waals surface area (Å²) in [6.45, 7) is 0. The van der Waals surface area contributed by atoms with E-state index < -0.39 is 39.0 Å². The number of fused-ring (bicyclic) bond motifs is 1. The zero-order chi connectivity index (χ0) is 21.1. The number of carbonyl (C=O) groups excluding carboxylic acids is 1. The summed E-state index contributed by atoms with van der Waals surface area (Å²) in [6, 6.07) is 7.01. The summed E-state index contributed by atoms with van der Waals surface area (Å²) in [7, 11) is 1.54. The van der Waals surface area contributed by atoms with Gasteiger partial charge in [0.15, 0.2) is 0 Å². The first-order chi connectivity index (χ1) is 13.8. The summed E-state index contributed by atoms with van der Waals surface area (Å²) >= 11 is 0. The number of aromatic nitrogens is 1. The maximum absolute atomic E-state index is 12.4. The van der Waals surface area contributed by atoms with Crippen LogP contribution in [0.4, 0.5) is 11.4 Å². The maximum atomic E-state index is 12.4. The van der Waals surface area contributed by atoms with Crippen LogP contribution in [0.1, 0.15) is 5.56 Å². The van der Waals surface area contributed by atoms with Crippen LogP contribution in [-0.4, -0.2) is 34.0 Å². The Kier molecular flexibility index (Phi) is 5.41. The number of nitrogens with two attached hydrogens (primary N) is 1. The van der Waals surface area contributed by atoms with Gasteiger partial charge >= 0.3 is 11.7 Å². The number of H-pyrrole nitrogens is 1. The molecule has 0 bridgehead atoms. The fraction of sp³-hybridized carbons (Fsp3) is 0.167. The molecular weight excluding hydrogens is 384 g/mol. The van der Waals surface area contributed by atoms with Crippen molar-refractivity contribution >= 4 is 28.2 Å². The van der Waals surface area contributed by atoms with Gasteiger partial charge in [-0.2, -0.15) is 0 Å². The third-order valence-electron chi connectivity index (χ3n) is 4.28. The van der Waals surface area contributed by atoms with Crippen molar-refractivity contribution in [2.45, 2.75) is 12.5 Å². The molecule has 0 saturated heterocycles. The van der Waals surface area contributed by atoms with Gasteiger partial charge in [-0.3, -0.25) is 20.2 Å². The molecule has 0 amide bonds. The molecular formula is C18H16N4O7. The Balaban J connectivity index is 1.79. The number of methoxy groups -OCH3 is 1. The minimum Gasteiger partial charge on any atom is -0.497 e. The second kappa shape index (κ2) is 7.94. The molecule has 0 aliphatic carbocycles. The van der Waals surface area contributed by atoms with Gasteiger partial charge in [-0.05, 0) is 29.8 Å². The average Bonchev–Trinajstić information content (AvgIpc) is 3.09. The summed E-state index contributed by atoms with van der Waals surface area (Å²) in [5.74, 6) is -0.683. The number of carbonyl (C=O) groups is 1. The van der Waals surface area contributed by atoms with Crippen molar-refractivity contribution in [3.8, 4) is 11.5 Å². The van der Waals surface area contributed by atoms with Crippen molar-refractivity contribution in [2.75, 3.05) is 7.11 Å². The van der Waals surface area contributed by atoms with Crippen LogP contribution in [0.25, 0.3) is 10.9 Å². The van der Waals surface area contributed by atoms with E-state index in [9.17, 15) is 25.0 Å². The van der Waals surface area contributed by atoms with Gasteiger partial charge in [-0.1, -0.05) is 0 Å². The summed E-state index contributed by atoms with van der Waals surface area (Å²) in [4.78, 5) is 35.7. The molecule has 0 radical (unpaired) electrons. The predicted molar refractivity (Wildman–Crippen MR) is 102 cm³/mol. The molecule has 0 aliphatic rings. The summed E-state index contributed by atoms with van der Waals surface area (Å²) in [5, 5.41) is 22.8. The van der Waals surface area contributed by atoms with Crippen LogP contribution in [0.15, 0.2) is 42.6 Å². The zero-order valence-electron chi connectivity index (χ0n) is 15.2. The van der Waals surface area contributed by atoms with Gasteiger partial charge in [0, 0.05) is 29.6 Å². The lowest BCUT2D eigenvalue weighted by Crippen LogP contribution is -2.36. The van der Waals surface area contributed by atoms with Gasteiger partial charge in [0.1, 0.15) is 11.8 Å². The number of nitro groups is 2. The van der Waals surface area contributed by atoms with Crippen LogP contribution in [0.2, 0.25) is 0 Å². The largest absolute Gasteiger partial charge is 0.497 e. The van der Waals surface area contributed by atoms with Crippen LogP contribution in [0, 0.1) is 20.2 Å². The zero-order valence-corrected chi connectivity index (χ0v) is 15.2. The Morgan fingerprint density at radius 3 is 2.59 bits per heavy atom. The molecule has 0 fully saturated rings. The maximum Gasteiger partial charge on any atom is 0.328 e. The molecule has 11 heteroatoms. The number of hydrogen-bond acceptors (Lipinski definition) is 8. The molecule has 0 spiro atoms. The number of hydrogen-bond donors (Lipinski definition) is 2. The first-order valence-corrected chi connectivity index (χ1v) is 8.34. The number of nitrogens with one attached hydrogen (secondary N) is 1. The molecule has 0 aliphatic heterocycles. The van der Waals surface area contributed by atoms with Crippen LogP contribution >= 0.6 is 0 Å². The number of nitro benzene ring substituents is 2.